The Kier molecular flexibility index (Phi) is 6.62. The number of benzene rings is 2. The summed E-state index contributed by atoms with van der Waals surface area (Å²) in [6, 6.07) is 16.5. The van der Waals surface area contributed by atoms with Gasteiger partial charge in [-0.2, -0.15) is 0 Å². The zero-order valence-electron chi connectivity index (χ0n) is 16.9. The van der Waals surface area contributed by atoms with E-state index >= 15 is 0 Å². The summed E-state index contributed by atoms with van der Waals surface area (Å²) in [6.07, 6.45) is 2.59. The lowest BCUT2D eigenvalue weighted by molar-refractivity contribution is -0.119. The number of hydrogen-bond acceptors (Lipinski definition) is 5. The average Bonchev–Trinajstić information content (AvgIpc) is 3.23. The highest BCUT2D eigenvalue weighted by molar-refractivity contribution is 7.99. The van der Waals surface area contributed by atoms with Gasteiger partial charge in [-0.1, -0.05) is 25.1 Å². The summed E-state index contributed by atoms with van der Waals surface area (Å²) in [5, 5.41) is 0. The third-order valence-corrected chi connectivity index (χ3v) is 6.52. The van der Waals surface area contributed by atoms with Gasteiger partial charge in [0.05, 0.1) is 0 Å². The molecule has 1 saturated heterocycles. The summed E-state index contributed by atoms with van der Waals surface area (Å²) in [5.41, 5.74) is 1.02. The molecule has 6 heteroatoms. The molecule has 0 aliphatic carbocycles. The lowest BCUT2D eigenvalue weighted by Gasteiger charge is -2.38. The zero-order valence-corrected chi connectivity index (χ0v) is 17.7. The van der Waals surface area contributed by atoms with E-state index in [0.29, 0.717) is 19.3 Å². The highest BCUT2D eigenvalue weighted by Crippen LogP contribution is 2.35. The summed E-state index contributed by atoms with van der Waals surface area (Å²) in [5.74, 6) is 2.94. The molecule has 0 aromatic heterocycles. The molecule has 2 heterocycles. The fraction of sp³-hybridized carbons (Fsp3) is 0.435. The predicted molar refractivity (Wildman–Crippen MR) is 117 cm³/mol. The molecule has 154 valence electrons. The number of hydrogen-bond donors (Lipinski definition) is 0. The summed E-state index contributed by atoms with van der Waals surface area (Å²) in [7, 11) is 0. The van der Waals surface area contributed by atoms with E-state index in [2.05, 4.69) is 17.0 Å². The van der Waals surface area contributed by atoms with Crippen molar-refractivity contribution in [3.05, 3.63) is 48.5 Å². The molecule has 2 aromatic rings. The average molecular weight is 413 g/mol. The van der Waals surface area contributed by atoms with Gasteiger partial charge in [-0.15, -0.1) is 11.8 Å². The number of thioether (sulfide) groups is 1. The molecular weight excluding hydrogens is 384 g/mol. The second-order valence-electron chi connectivity index (χ2n) is 7.39. The Morgan fingerprint density at radius 3 is 2.62 bits per heavy atom. The maximum atomic E-state index is 12.6. The summed E-state index contributed by atoms with van der Waals surface area (Å²) >= 11 is 1.85. The van der Waals surface area contributed by atoms with Crippen LogP contribution in [0.25, 0.3) is 0 Å². The standard InChI is InChI=1S/C23H28N2O3S/c1-2-23(26)25(18-6-4-3-5-7-18)19-10-12-24(13-11-19)14-15-29-20-8-9-21-22(16-20)28-17-27-21/h3-9,16,19H,2,10-15,17H2,1H3. The molecule has 0 bridgehead atoms. The fourth-order valence-corrected chi connectivity index (χ4v) is 4.92. The maximum Gasteiger partial charge on any atom is 0.231 e. The molecule has 2 aliphatic heterocycles. The Balaban J connectivity index is 1.27. The van der Waals surface area contributed by atoms with Crippen LogP contribution < -0.4 is 14.4 Å². The van der Waals surface area contributed by atoms with Crippen molar-refractivity contribution in [1.82, 2.24) is 4.90 Å². The smallest absolute Gasteiger partial charge is 0.231 e. The number of fused-ring (bicyclic) bond motifs is 1. The SMILES string of the molecule is CCC(=O)N(c1ccccc1)C1CCN(CCSc2ccc3c(c2)OCO3)CC1. The molecular formula is C23H28N2O3S. The number of carbonyl (C=O) groups is 1. The molecule has 1 fully saturated rings. The fourth-order valence-electron chi connectivity index (χ4n) is 3.98. The first-order valence-corrected chi connectivity index (χ1v) is 11.3. The van der Waals surface area contributed by atoms with Crippen molar-refractivity contribution in [2.24, 2.45) is 0 Å². The first-order chi connectivity index (χ1) is 14.2. The van der Waals surface area contributed by atoms with Crippen LogP contribution in [-0.2, 0) is 4.79 Å². The molecule has 0 unspecified atom stereocenters. The van der Waals surface area contributed by atoms with Crippen LogP contribution in [0.4, 0.5) is 5.69 Å². The molecule has 0 saturated carbocycles. The minimum atomic E-state index is 0.216. The van der Waals surface area contributed by atoms with Crippen molar-refractivity contribution in [3.63, 3.8) is 0 Å². The number of piperidine rings is 1. The van der Waals surface area contributed by atoms with Crippen LogP contribution in [0.15, 0.2) is 53.4 Å². The van der Waals surface area contributed by atoms with E-state index in [-0.39, 0.29) is 5.91 Å². The summed E-state index contributed by atoms with van der Waals surface area (Å²) in [6.45, 7) is 5.39. The van der Waals surface area contributed by atoms with Crippen LogP contribution in [0.1, 0.15) is 26.2 Å². The number of amides is 1. The zero-order chi connectivity index (χ0) is 20.1. The Morgan fingerprint density at radius 2 is 1.86 bits per heavy atom. The Hall–Kier alpha value is -2.18. The molecule has 4 rings (SSSR count). The molecule has 0 N–H and O–H groups in total. The third-order valence-electron chi connectivity index (χ3n) is 5.55. The van der Waals surface area contributed by atoms with E-state index < -0.39 is 0 Å². The monoisotopic (exact) mass is 412 g/mol. The van der Waals surface area contributed by atoms with E-state index in [9.17, 15) is 4.79 Å². The lowest BCUT2D eigenvalue weighted by atomic mass is 10.0. The Bertz CT molecular complexity index is 822. The van der Waals surface area contributed by atoms with Crippen LogP contribution in [-0.4, -0.2) is 49.0 Å². The maximum absolute atomic E-state index is 12.6. The molecule has 5 nitrogen and oxygen atoms in total. The van der Waals surface area contributed by atoms with Crippen molar-refractivity contribution in [2.75, 3.05) is 37.1 Å². The number of para-hydroxylation sites is 1. The van der Waals surface area contributed by atoms with Gasteiger partial charge in [0.2, 0.25) is 12.7 Å². The molecule has 0 atom stereocenters. The van der Waals surface area contributed by atoms with E-state index in [1.54, 1.807) is 0 Å². The Morgan fingerprint density at radius 1 is 1.10 bits per heavy atom. The largest absolute Gasteiger partial charge is 0.454 e. The normalized spacial score (nSPS) is 16.7. The third kappa shape index (κ3) is 4.87. The number of rotatable bonds is 7. The van der Waals surface area contributed by atoms with Crippen molar-refractivity contribution in [3.8, 4) is 11.5 Å². The predicted octanol–water partition coefficient (Wildman–Crippen LogP) is 4.42. The van der Waals surface area contributed by atoms with Crippen LogP contribution in [0.2, 0.25) is 0 Å². The van der Waals surface area contributed by atoms with E-state index in [4.69, 9.17) is 9.47 Å². The first-order valence-electron chi connectivity index (χ1n) is 10.4. The van der Waals surface area contributed by atoms with Gasteiger partial charge in [-0.05, 0) is 43.2 Å². The second kappa shape index (κ2) is 9.55. The van der Waals surface area contributed by atoms with Gasteiger partial charge in [0.25, 0.3) is 0 Å². The lowest BCUT2D eigenvalue weighted by Crippen LogP contribution is -2.48. The Labute approximate surface area is 177 Å². The van der Waals surface area contributed by atoms with E-state index in [1.807, 2.05) is 60.0 Å². The van der Waals surface area contributed by atoms with Gasteiger partial charge >= 0.3 is 0 Å². The number of carbonyl (C=O) groups excluding carboxylic acids is 1. The number of nitrogens with zero attached hydrogens (tertiary/aromatic N) is 2. The van der Waals surface area contributed by atoms with E-state index in [0.717, 1.165) is 55.4 Å². The van der Waals surface area contributed by atoms with Crippen LogP contribution in [0.3, 0.4) is 0 Å². The molecule has 2 aliphatic rings. The van der Waals surface area contributed by atoms with Crippen LogP contribution in [0, 0.1) is 0 Å². The minimum Gasteiger partial charge on any atom is -0.454 e. The van der Waals surface area contributed by atoms with Crippen molar-refractivity contribution >= 4 is 23.4 Å². The van der Waals surface area contributed by atoms with Gasteiger partial charge < -0.3 is 19.3 Å². The molecule has 29 heavy (non-hydrogen) atoms. The van der Waals surface area contributed by atoms with Gasteiger partial charge in [0.15, 0.2) is 11.5 Å². The molecule has 2 aromatic carbocycles. The van der Waals surface area contributed by atoms with Gasteiger partial charge in [-0.25, -0.2) is 0 Å². The molecule has 0 spiro atoms. The number of ether oxygens (including phenoxy) is 2. The van der Waals surface area contributed by atoms with Gasteiger partial charge in [-0.3, -0.25) is 4.79 Å². The van der Waals surface area contributed by atoms with E-state index in [1.165, 1.54) is 4.90 Å². The topological polar surface area (TPSA) is 42.0 Å². The van der Waals surface area contributed by atoms with Gasteiger partial charge in [0.1, 0.15) is 0 Å². The molecule has 0 radical (unpaired) electrons. The van der Waals surface area contributed by atoms with Crippen molar-refractivity contribution in [2.45, 2.75) is 37.1 Å². The van der Waals surface area contributed by atoms with Crippen LogP contribution >= 0.6 is 11.8 Å². The van der Waals surface area contributed by atoms with Crippen molar-refractivity contribution < 1.29 is 14.3 Å². The highest BCUT2D eigenvalue weighted by Gasteiger charge is 2.28. The van der Waals surface area contributed by atoms with Crippen molar-refractivity contribution in [1.29, 1.82) is 0 Å². The second-order valence-corrected chi connectivity index (χ2v) is 8.56. The van der Waals surface area contributed by atoms with Gasteiger partial charge in [0, 0.05) is 48.4 Å². The minimum absolute atomic E-state index is 0.216. The number of likely N-dealkylation sites (tertiary alicyclic amines) is 1. The first kappa shape index (κ1) is 20.1. The summed E-state index contributed by atoms with van der Waals surface area (Å²) in [4.78, 5) is 18.3. The number of anilines is 1. The quantitative estimate of drug-likeness (QED) is 0.630. The van der Waals surface area contributed by atoms with Crippen LogP contribution in [0.5, 0.6) is 11.5 Å². The summed E-state index contributed by atoms with van der Waals surface area (Å²) < 4.78 is 10.8. The highest BCUT2D eigenvalue weighted by atomic mass is 32.2. The molecule has 1 amide bonds.